The molecule has 1 rings (SSSR count). The molecule has 19 heavy (non-hydrogen) atoms. The average Bonchev–Trinajstić information content (AvgIpc) is 2.28. The van der Waals surface area contributed by atoms with E-state index in [-0.39, 0.29) is 5.75 Å². The predicted octanol–water partition coefficient (Wildman–Crippen LogP) is 2.48. The zero-order chi connectivity index (χ0) is 14.8. The van der Waals surface area contributed by atoms with Crippen LogP contribution in [0.1, 0.15) is 5.56 Å². The highest BCUT2D eigenvalue weighted by atomic mass is 127. The van der Waals surface area contributed by atoms with Gasteiger partial charge < -0.3 is 4.74 Å². The topological polar surface area (TPSA) is 80.7 Å². The van der Waals surface area contributed by atoms with Crippen LogP contribution < -0.4 is 4.74 Å². The molecule has 0 fully saturated rings. The van der Waals surface area contributed by atoms with Crippen LogP contribution in [0.15, 0.2) is 30.8 Å². The van der Waals surface area contributed by atoms with E-state index in [2.05, 4.69) is 11.3 Å². The third kappa shape index (κ3) is 3.70. The van der Waals surface area contributed by atoms with Gasteiger partial charge in [0.15, 0.2) is 0 Å². The van der Waals surface area contributed by atoms with Crippen LogP contribution in [0.5, 0.6) is 5.75 Å². The third-order valence-electron chi connectivity index (χ3n) is 1.94. The van der Waals surface area contributed by atoms with Crippen LogP contribution in [-0.2, 0) is 14.9 Å². The van der Waals surface area contributed by atoms with Crippen molar-refractivity contribution >= 4 is 42.3 Å². The van der Waals surface area contributed by atoms with E-state index in [1.807, 2.05) is 22.6 Å². The van der Waals surface area contributed by atoms with Crippen LogP contribution in [0.2, 0.25) is 0 Å². The Kier molecular flexibility index (Phi) is 4.63. The molecule has 0 unspecified atom stereocenters. The summed E-state index contributed by atoms with van der Waals surface area (Å²) in [6.45, 7) is 3.63. The van der Waals surface area contributed by atoms with Crippen molar-refractivity contribution in [1.29, 1.82) is 0 Å². The summed E-state index contributed by atoms with van der Waals surface area (Å²) in [5.41, 5.74) is 0.682. The van der Waals surface area contributed by atoms with Gasteiger partial charge >= 0.3 is 21.3 Å². The molecule has 0 amide bonds. The quantitative estimate of drug-likeness (QED) is 0.361. The number of ether oxygens (including phenoxy) is 1. The molecule has 1 aromatic carbocycles. The standard InChI is InChI=1S/C10H7F2IO5S/c1-6(13)7-2-4-8(5-3-7)18-9(14)10(11,12)19(15,16)17/h2-5H,1H2,(H,15,16,17). The Morgan fingerprint density at radius 2 is 1.79 bits per heavy atom. The fraction of sp³-hybridized carbons (Fsp3) is 0.100. The van der Waals surface area contributed by atoms with Gasteiger partial charge in [0.2, 0.25) is 0 Å². The van der Waals surface area contributed by atoms with E-state index in [4.69, 9.17) is 4.55 Å². The number of benzene rings is 1. The molecule has 5 nitrogen and oxygen atoms in total. The van der Waals surface area contributed by atoms with Crippen LogP contribution in [0.4, 0.5) is 8.78 Å². The minimum atomic E-state index is -5.87. The van der Waals surface area contributed by atoms with E-state index in [0.717, 1.165) is 0 Å². The van der Waals surface area contributed by atoms with Crippen molar-refractivity contribution < 1.29 is 31.3 Å². The van der Waals surface area contributed by atoms with Crippen molar-refractivity contribution in [2.24, 2.45) is 0 Å². The van der Waals surface area contributed by atoms with Crippen molar-refractivity contribution in [1.82, 2.24) is 0 Å². The van der Waals surface area contributed by atoms with Gasteiger partial charge in [-0.1, -0.05) is 18.7 Å². The first-order valence-electron chi connectivity index (χ1n) is 4.57. The van der Waals surface area contributed by atoms with Crippen LogP contribution in [-0.4, -0.2) is 24.2 Å². The summed E-state index contributed by atoms with van der Waals surface area (Å²) in [4.78, 5) is 11.0. The van der Waals surface area contributed by atoms with Gasteiger partial charge in [-0.15, -0.1) is 0 Å². The van der Waals surface area contributed by atoms with Crippen molar-refractivity contribution in [3.63, 3.8) is 0 Å². The van der Waals surface area contributed by atoms with Gasteiger partial charge in [-0.2, -0.15) is 17.2 Å². The second kappa shape index (κ2) is 5.51. The van der Waals surface area contributed by atoms with E-state index in [9.17, 15) is 22.0 Å². The fourth-order valence-corrected chi connectivity index (χ4v) is 1.59. The molecule has 104 valence electrons. The van der Waals surface area contributed by atoms with Crippen LogP contribution in [0.3, 0.4) is 0 Å². The summed E-state index contributed by atoms with van der Waals surface area (Å²) < 4.78 is 59.5. The first-order valence-corrected chi connectivity index (χ1v) is 7.09. The lowest BCUT2D eigenvalue weighted by Crippen LogP contribution is -2.40. The summed E-state index contributed by atoms with van der Waals surface area (Å²) in [5.74, 6) is -2.66. The smallest absolute Gasteiger partial charge is 0.421 e. The molecule has 0 aliphatic heterocycles. The molecule has 0 atom stereocenters. The maximum atomic E-state index is 12.9. The SMILES string of the molecule is C=C(I)c1ccc(OC(=O)C(F)(F)S(=O)(=O)O)cc1. The molecular formula is C10H7F2IO5S. The molecule has 0 saturated carbocycles. The predicted molar refractivity (Wildman–Crippen MR) is 71.6 cm³/mol. The highest BCUT2D eigenvalue weighted by molar-refractivity contribution is 14.1. The van der Waals surface area contributed by atoms with Gasteiger partial charge in [0.1, 0.15) is 5.75 Å². The monoisotopic (exact) mass is 404 g/mol. The molecule has 0 aliphatic carbocycles. The lowest BCUT2D eigenvalue weighted by atomic mass is 10.2. The summed E-state index contributed by atoms with van der Waals surface area (Å²) in [7, 11) is -5.87. The summed E-state index contributed by atoms with van der Waals surface area (Å²) in [5, 5.41) is -5.02. The Morgan fingerprint density at radius 3 is 2.16 bits per heavy atom. The number of halogens is 3. The van der Waals surface area contributed by atoms with Crippen molar-refractivity contribution in [2.75, 3.05) is 0 Å². The third-order valence-corrected chi connectivity index (χ3v) is 3.38. The molecule has 0 heterocycles. The largest absolute Gasteiger partial charge is 0.466 e. The van der Waals surface area contributed by atoms with Crippen molar-refractivity contribution in [3.8, 4) is 5.75 Å². The van der Waals surface area contributed by atoms with Gasteiger partial charge in [-0.05, 0) is 40.3 Å². The Hall–Kier alpha value is -1.07. The first kappa shape index (κ1) is 16.0. The van der Waals surface area contributed by atoms with E-state index < -0.39 is 21.3 Å². The van der Waals surface area contributed by atoms with Gasteiger partial charge in [-0.3, -0.25) is 4.55 Å². The van der Waals surface area contributed by atoms with Gasteiger partial charge in [0.25, 0.3) is 0 Å². The molecule has 0 bridgehead atoms. The molecule has 0 aromatic heterocycles. The summed E-state index contributed by atoms with van der Waals surface area (Å²) in [6.07, 6.45) is 0. The molecule has 0 aliphatic rings. The number of hydrogen-bond acceptors (Lipinski definition) is 4. The molecule has 1 N–H and O–H groups in total. The second-order valence-electron chi connectivity index (χ2n) is 3.31. The number of rotatable bonds is 4. The molecule has 0 saturated heterocycles. The van der Waals surface area contributed by atoms with E-state index in [1.54, 1.807) is 0 Å². The Balaban J connectivity index is 2.92. The van der Waals surface area contributed by atoms with E-state index in [1.165, 1.54) is 24.3 Å². The van der Waals surface area contributed by atoms with Crippen LogP contribution in [0.25, 0.3) is 3.58 Å². The molecule has 0 radical (unpaired) electrons. The maximum absolute atomic E-state index is 12.9. The molecule has 9 heteroatoms. The highest BCUT2D eigenvalue weighted by Gasteiger charge is 2.54. The number of carbonyl (C=O) groups excluding carboxylic acids is 1. The fourth-order valence-electron chi connectivity index (χ4n) is 0.976. The normalized spacial score (nSPS) is 12.0. The molecule has 1 aromatic rings. The molecule has 0 spiro atoms. The maximum Gasteiger partial charge on any atom is 0.466 e. The number of carbonyl (C=O) groups is 1. The van der Waals surface area contributed by atoms with E-state index >= 15 is 0 Å². The summed E-state index contributed by atoms with van der Waals surface area (Å²) >= 11 is 1.93. The Morgan fingerprint density at radius 1 is 1.32 bits per heavy atom. The Labute approximate surface area is 121 Å². The van der Waals surface area contributed by atoms with Crippen LogP contribution >= 0.6 is 22.6 Å². The zero-order valence-corrected chi connectivity index (χ0v) is 12.1. The lowest BCUT2D eigenvalue weighted by Gasteiger charge is -2.11. The minimum absolute atomic E-state index is 0.283. The van der Waals surface area contributed by atoms with Crippen molar-refractivity contribution in [3.05, 3.63) is 36.4 Å². The van der Waals surface area contributed by atoms with Gasteiger partial charge in [0, 0.05) is 3.58 Å². The van der Waals surface area contributed by atoms with Crippen LogP contribution in [0, 0.1) is 0 Å². The van der Waals surface area contributed by atoms with E-state index in [0.29, 0.717) is 9.14 Å². The second-order valence-corrected chi connectivity index (χ2v) is 6.08. The van der Waals surface area contributed by atoms with Gasteiger partial charge in [0.05, 0.1) is 0 Å². The zero-order valence-electron chi connectivity index (χ0n) is 9.14. The molecular weight excluding hydrogens is 397 g/mol. The van der Waals surface area contributed by atoms with Crippen molar-refractivity contribution in [2.45, 2.75) is 5.25 Å². The lowest BCUT2D eigenvalue weighted by molar-refractivity contribution is -0.151. The number of hydrogen-bond donors (Lipinski definition) is 1. The average molecular weight is 404 g/mol. The number of esters is 1. The number of alkyl halides is 2. The minimum Gasteiger partial charge on any atom is -0.421 e. The van der Waals surface area contributed by atoms with Gasteiger partial charge in [-0.25, -0.2) is 4.79 Å². The Bertz CT molecular complexity index is 609. The highest BCUT2D eigenvalue weighted by Crippen LogP contribution is 2.26. The summed E-state index contributed by atoms with van der Waals surface area (Å²) in [6, 6.07) is 5.28. The first-order chi connectivity index (χ1) is 8.55.